The Morgan fingerprint density at radius 3 is 2.53 bits per heavy atom. The molecule has 0 aliphatic heterocycles. The molecule has 1 aromatic rings. The minimum Gasteiger partial charge on any atom is -0.390 e. The molecule has 2 unspecified atom stereocenters. The number of ether oxygens (including phenoxy) is 2. The van der Waals surface area contributed by atoms with E-state index in [9.17, 15) is 10.2 Å². The average Bonchev–Trinajstić information content (AvgIpc) is 2.65. The molecule has 1 fully saturated rings. The zero-order valence-corrected chi connectivity index (χ0v) is 10.8. The summed E-state index contributed by atoms with van der Waals surface area (Å²) in [7, 11) is 0. The second-order valence-corrected chi connectivity index (χ2v) is 4.83. The second kappa shape index (κ2) is 6.98. The first-order valence-electron chi connectivity index (χ1n) is 6.53. The van der Waals surface area contributed by atoms with Crippen molar-refractivity contribution in [1.29, 1.82) is 0 Å². The van der Waals surface area contributed by atoms with E-state index in [0.717, 1.165) is 5.56 Å². The van der Waals surface area contributed by atoms with Crippen LogP contribution in [0.15, 0.2) is 30.3 Å². The van der Waals surface area contributed by atoms with Gasteiger partial charge in [0.15, 0.2) is 0 Å². The molecular formula is C14H21NO4. The Morgan fingerprint density at radius 1 is 1.16 bits per heavy atom. The Hall–Kier alpha value is -0.980. The quantitative estimate of drug-likeness (QED) is 0.634. The predicted octanol–water partition coefficient (Wildman–Crippen LogP) is 0.0412. The fraction of sp³-hybridized carbons (Fsp3) is 0.571. The van der Waals surface area contributed by atoms with E-state index in [1.807, 2.05) is 30.3 Å². The second-order valence-electron chi connectivity index (χ2n) is 4.83. The number of hydrogen-bond acceptors (Lipinski definition) is 5. The zero-order chi connectivity index (χ0) is 13.7. The number of benzene rings is 1. The summed E-state index contributed by atoms with van der Waals surface area (Å²) < 4.78 is 10.9. The van der Waals surface area contributed by atoms with Crippen LogP contribution in [0.4, 0.5) is 0 Å². The largest absolute Gasteiger partial charge is 0.390 e. The van der Waals surface area contributed by atoms with Gasteiger partial charge in [0.1, 0.15) is 6.10 Å². The van der Waals surface area contributed by atoms with Crippen LogP contribution in [0.5, 0.6) is 0 Å². The van der Waals surface area contributed by atoms with E-state index in [2.05, 4.69) is 0 Å². The maximum atomic E-state index is 9.71. The van der Waals surface area contributed by atoms with E-state index in [1.165, 1.54) is 0 Å². The maximum Gasteiger partial charge on any atom is 0.111 e. The van der Waals surface area contributed by atoms with Gasteiger partial charge in [-0.3, -0.25) is 0 Å². The summed E-state index contributed by atoms with van der Waals surface area (Å²) in [6.45, 7) is 1.28. The van der Waals surface area contributed by atoms with Crippen LogP contribution in [0.3, 0.4) is 0 Å². The normalized spacial score (nSPS) is 30.7. The number of nitrogens with two attached hydrogens (primary N) is 1. The molecule has 0 amide bonds. The lowest BCUT2D eigenvalue weighted by molar-refractivity contribution is -0.0843. The lowest BCUT2D eigenvalue weighted by atomic mass is 10.2. The Kier molecular flexibility index (Phi) is 5.30. The van der Waals surface area contributed by atoms with Gasteiger partial charge in [0.25, 0.3) is 0 Å². The van der Waals surface area contributed by atoms with E-state index in [1.54, 1.807) is 0 Å². The molecule has 106 valence electrons. The lowest BCUT2D eigenvalue weighted by Crippen LogP contribution is -2.38. The highest BCUT2D eigenvalue weighted by molar-refractivity contribution is 5.13. The van der Waals surface area contributed by atoms with Gasteiger partial charge in [-0.25, -0.2) is 0 Å². The third-order valence-corrected chi connectivity index (χ3v) is 3.32. The molecule has 1 aliphatic carbocycles. The van der Waals surface area contributed by atoms with E-state index in [0.29, 0.717) is 26.2 Å². The molecule has 5 heteroatoms. The maximum absolute atomic E-state index is 9.71. The fourth-order valence-corrected chi connectivity index (χ4v) is 2.24. The molecule has 1 aliphatic rings. The van der Waals surface area contributed by atoms with Crippen LogP contribution in [-0.4, -0.2) is 47.8 Å². The summed E-state index contributed by atoms with van der Waals surface area (Å²) in [6.07, 6.45) is -1.73. The highest BCUT2D eigenvalue weighted by atomic mass is 16.5. The van der Waals surface area contributed by atoms with E-state index < -0.39 is 24.4 Å². The summed E-state index contributed by atoms with van der Waals surface area (Å²) >= 11 is 0. The van der Waals surface area contributed by atoms with Crippen molar-refractivity contribution in [2.24, 2.45) is 5.73 Å². The third kappa shape index (κ3) is 3.99. The van der Waals surface area contributed by atoms with E-state index >= 15 is 0 Å². The molecule has 1 aromatic carbocycles. The van der Waals surface area contributed by atoms with Crippen molar-refractivity contribution in [2.45, 2.75) is 37.4 Å². The number of aliphatic hydroxyl groups is 2. The first-order valence-corrected chi connectivity index (χ1v) is 6.53. The number of hydrogen-bond donors (Lipinski definition) is 3. The fourth-order valence-electron chi connectivity index (χ4n) is 2.24. The molecule has 4 atom stereocenters. The highest BCUT2D eigenvalue weighted by Gasteiger charge is 2.40. The molecule has 0 spiro atoms. The van der Waals surface area contributed by atoms with Crippen molar-refractivity contribution in [1.82, 2.24) is 0 Å². The zero-order valence-electron chi connectivity index (χ0n) is 10.8. The molecule has 0 bridgehead atoms. The monoisotopic (exact) mass is 267 g/mol. The molecule has 1 saturated carbocycles. The van der Waals surface area contributed by atoms with Crippen LogP contribution in [0.25, 0.3) is 0 Å². The molecule has 0 saturated heterocycles. The van der Waals surface area contributed by atoms with Crippen LogP contribution in [-0.2, 0) is 16.1 Å². The molecule has 0 radical (unpaired) electrons. The van der Waals surface area contributed by atoms with Gasteiger partial charge < -0.3 is 25.4 Å². The SMILES string of the molecule is NC1C[C@H](O)C(OCCOCc2ccccc2)[C@@H]1O. The minimum absolute atomic E-state index is 0.332. The van der Waals surface area contributed by atoms with Crippen molar-refractivity contribution >= 4 is 0 Å². The van der Waals surface area contributed by atoms with Crippen molar-refractivity contribution in [3.63, 3.8) is 0 Å². The molecule has 2 rings (SSSR count). The molecule has 4 N–H and O–H groups in total. The highest BCUT2D eigenvalue weighted by Crippen LogP contribution is 2.21. The standard InChI is InChI=1S/C14H21NO4/c15-11-8-12(16)14(13(11)17)19-7-6-18-9-10-4-2-1-3-5-10/h1-5,11-14,16-17H,6-9,15H2/t11?,12-,13+,14?/m0/s1. The third-order valence-electron chi connectivity index (χ3n) is 3.32. The van der Waals surface area contributed by atoms with Crippen molar-refractivity contribution in [3.8, 4) is 0 Å². The summed E-state index contributed by atoms with van der Waals surface area (Å²) in [6, 6.07) is 9.45. The molecule has 0 aromatic heterocycles. The number of aliphatic hydroxyl groups excluding tert-OH is 2. The topological polar surface area (TPSA) is 84.9 Å². The predicted molar refractivity (Wildman–Crippen MR) is 70.4 cm³/mol. The van der Waals surface area contributed by atoms with Crippen LogP contribution in [0.1, 0.15) is 12.0 Å². The Morgan fingerprint density at radius 2 is 1.89 bits per heavy atom. The van der Waals surface area contributed by atoms with Crippen molar-refractivity contribution in [2.75, 3.05) is 13.2 Å². The van der Waals surface area contributed by atoms with Gasteiger partial charge in [0.05, 0.1) is 32.0 Å². The minimum atomic E-state index is -0.802. The lowest BCUT2D eigenvalue weighted by Gasteiger charge is -2.19. The smallest absolute Gasteiger partial charge is 0.111 e. The Balaban J connectivity index is 1.62. The first-order chi connectivity index (χ1) is 9.18. The van der Waals surface area contributed by atoms with Gasteiger partial charge in [0.2, 0.25) is 0 Å². The van der Waals surface area contributed by atoms with Gasteiger partial charge in [-0.05, 0) is 12.0 Å². The van der Waals surface area contributed by atoms with Gasteiger partial charge >= 0.3 is 0 Å². The van der Waals surface area contributed by atoms with E-state index in [4.69, 9.17) is 15.2 Å². The van der Waals surface area contributed by atoms with Gasteiger partial charge in [-0.1, -0.05) is 30.3 Å². The van der Waals surface area contributed by atoms with Gasteiger partial charge in [0, 0.05) is 6.04 Å². The summed E-state index contributed by atoms with van der Waals surface area (Å²) in [5.41, 5.74) is 6.75. The molecule has 0 heterocycles. The summed E-state index contributed by atoms with van der Waals surface area (Å²) in [5, 5.41) is 19.4. The Labute approximate surface area is 113 Å². The molecule has 5 nitrogen and oxygen atoms in total. The van der Waals surface area contributed by atoms with Crippen molar-refractivity contribution < 1.29 is 19.7 Å². The van der Waals surface area contributed by atoms with E-state index in [-0.39, 0.29) is 0 Å². The van der Waals surface area contributed by atoms with Crippen LogP contribution in [0.2, 0.25) is 0 Å². The van der Waals surface area contributed by atoms with Crippen LogP contribution in [0, 0.1) is 0 Å². The Bertz CT molecular complexity index is 373. The molecule has 19 heavy (non-hydrogen) atoms. The van der Waals surface area contributed by atoms with Crippen molar-refractivity contribution in [3.05, 3.63) is 35.9 Å². The first kappa shape index (κ1) is 14.4. The average molecular weight is 267 g/mol. The summed E-state index contributed by atoms with van der Waals surface area (Å²) in [5.74, 6) is 0. The van der Waals surface area contributed by atoms with Gasteiger partial charge in [-0.2, -0.15) is 0 Å². The van der Waals surface area contributed by atoms with Gasteiger partial charge in [-0.15, -0.1) is 0 Å². The summed E-state index contributed by atoms with van der Waals surface area (Å²) in [4.78, 5) is 0. The number of rotatable bonds is 6. The van der Waals surface area contributed by atoms with Crippen LogP contribution < -0.4 is 5.73 Å². The molecular weight excluding hydrogens is 246 g/mol. The van der Waals surface area contributed by atoms with Crippen LogP contribution >= 0.6 is 0 Å².